The van der Waals surface area contributed by atoms with E-state index in [0.29, 0.717) is 0 Å². The second-order valence-corrected chi connectivity index (χ2v) is 2.52. The van der Waals surface area contributed by atoms with Gasteiger partial charge in [0, 0.05) is 17.3 Å². The van der Waals surface area contributed by atoms with Gasteiger partial charge in [-0.3, -0.25) is 4.98 Å². The molecule has 0 amide bonds. The molecule has 0 bridgehead atoms. The first-order valence-electron chi connectivity index (χ1n) is 3.15. The zero-order valence-corrected chi connectivity index (χ0v) is 4.89. The molecule has 1 heterocycles. The van der Waals surface area contributed by atoms with Gasteiger partial charge in [0.05, 0.1) is 5.69 Å². The van der Waals surface area contributed by atoms with Crippen molar-refractivity contribution in [3.8, 4) is 11.1 Å². The molecular formula is C8H5N. The van der Waals surface area contributed by atoms with Crippen molar-refractivity contribution in [3.05, 3.63) is 23.5 Å². The predicted octanol–water partition coefficient (Wildman–Crippen LogP) is 1.63. The van der Waals surface area contributed by atoms with E-state index in [1.807, 2.05) is 6.20 Å². The van der Waals surface area contributed by atoms with Crippen LogP contribution in [0.5, 0.6) is 0 Å². The molecule has 1 nitrogen and oxygen atoms in total. The SMILES string of the molecule is C1=Cc2ncc3c(c2-3)C1. The molecule has 0 aromatic rings. The third-order valence-corrected chi connectivity index (χ3v) is 2.02. The molecule has 3 rings (SSSR count). The van der Waals surface area contributed by atoms with E-state index in [9.17, 15) is 0 Å². The molecule has 42 valence electrons. The molecule has 0 N–H and O–H groups in total. The van der Waals surface area contributed by atoms with Crippen LogP contribution < -0.4 is 0 Å². The lowest BCUT2D eigenvalue weighted by Gasteiger charge is -1.90. The lowest BCUT2D eigenvalue weighted by molar-refractivity contribution is 1.28. The second kappa shape index (κ2) is 0.947. The van der Waals surface area contributed by atoms with Crippen LogP contribution in [0.2, 0.25) is 0 Å². The van der Waals surface area contributed by atoms with Crippen LogP contribution in [0.1, 0.15) is 11.3 Å². The van der Waals surface area contributed by atoms with Gasteiger partial charge < -0.3 is 0 Å². The summed E-state index contributed by atoms with van der Waals surface area (Å²) in [6.45, 7) is 0. The molecule has 0 aromatic heterocycles. The number of hydrogen-bond donors (Lipinski definition) is 0. The summed E-state index contributed by atoms with van der Waals surface area (Å²) < 4.78 is 0. The van der Waals surface area contributed by atoms with Gasteiger partial charge in [-0.2, -0.15) is 0 Å². The van der Waals surface area contributed by atoms with E-state index in [1.54, 1.807) is 0 Å². The van der Waals surface area contributed by atoms with E-state index in [0.717, 1.165) is 6.42 Å². The fraction of sp³-hybridized carbons (Fsp3) is 0.125. The molecule has 3 aliphatic rings. The Balaban J connectivity index is 2.47. The minimum atomic E-state index is 1.14. The smallest absolute Gasteiger partial charge is 0.0708 e. The second-order valence-electron chi connectivity index (χ2n) is 2.52. The van der Waals surface area contributed by atoms with Gasteiger partial charge in [-0.25, -0.2) is 0 Å². The summed E-state index contributed by atoms with van der Waals surface area (Å²) in [7, 11) is 0. The van der Waals surface area contributed by atoms with E-state index in [2.05, 4.69) is 17.1 Å². The molecule has 1 aliphatic heterocycles. The van der Waals surface area contributed by atoms with Gasteiger partial charge in [0.25, 0.3) is 0 Å². The molecule has 9 heavy (non-hydrogen) atoms. The third-order valence-electron chi connectivity index (χ3n) is 2.02. The Kier molecular flexibility index (Phi) is 0.403. The number of pyridine rings is 1. The van der Waals surface area contributed by atoms with Gasteiger partial charge in [0.15, 0.2) is 0 Å². The van der Waals surface area contributed by atoms with Crippen LogP contribution in [-0.4, -0.2) is 4.98 Å². The van der Waals surface area contributed by atoms with Crippen molar-refractivity contribution in [2.75, 3.05) is 0 Å². The molecule has 0 atom stereocenters. The molecule has 0 aromatic carbocycles. The first kappa shape index (κ1) is 3.83. The maximum absolute atomic E-state index is 4.20. The molecule has 0 fully saturated rings. The summed E-state index contributed by atoms with van der Waals surface area (Å²) in [4.78, 5) is 4.20. The van der Waals surface area contributed by atoms with Crippen LogP contribution in [0.15, 0.2) is 12.3 Å². The maximum atomic E-state index is 4.20. The highest BCUT2D eigenvalue weighted by Crippen LogP contribution is 2.47. The quantitative estimate of drug-likeness (QED) is 0.508. The fourth-order valence-electron chi connectivity index (χ4n) is 1.50. The highest BCUT2D eigenvalue weighted by atomic mass is 14.7. The molecular weight excluding hydrogens is 110 g/mol. The summed E-state index contributed by atoms with van der Waals surface area (Å²) in [5.41, 5.74) is 5.57. The summed E-state index contributed by atoms with van der Waals surface area (Å²) in [6, 6.07) is 0. The van der Waals surface area contributed by atoms with Gasteiger partial charge in [-0.15, -0.1) is 0 Å². The van der Waals surface area contributed by atoms with Gasteiger partial charge in [0.2, 0.25) is 0 Å². The molecule has 1 heteroatoms. The van der Waals surface area contributed by atoms with Crippen LogP contribution in [0, 0.1) is 0 Å². The molecule has 2 aliphatic carbocycles. The normalized spacial score (nSPS) is 16.0. The number of aromatic nitrogens is 1. The minimum absolute atomic E-state index is 1.14. The topological polar surface area (TPSA) is 12.9 Å². The van der Waals surface area contributed by atoms with E-state index >= 15 is 0 Å². The highest BCUT2D eigenvalue weighted by Gasteiger charge is 2.29. The first-order chi connectivity index (χ1) is 4.47. The highest BCUT2D eigenvalue weighted by molar-refractivity contribution is 5.96. The molecule has 0 spiro atoms. The zero-order chi connectivity index (χ0) is 5.84. The Hall–Kier alpha value is -1.11. The Morgan fingerprint density at radius 3 is 3.22 bits per heavy atom. The summed E-state index contributed by atoms with van der Waals surface area (Å²) in [5, 5.41) is 0. The largest absolute Gasteiger partial charge is 0.256 e. The molecule has 0 saturated carbocycles. The van der Waals surface area contributed by atoms with Crippen LogP contribution in [-0.2, 0) is 6.42 Å². The van der Waals surface area contributed by atoms with Crippen molar-refractivity contribution in [1.82, 2.24) is 4.98 Å². The van der Waals surface area contributed by atoms with Crippen molar-refractivity contribution in [3.63, 3.8) is 0 Å². The fourth-order valence-corrected chi connectivity index (χ4v) is 1.50. The van der Waals surface area contributed by atoms with Gasteiger partial charge in [-0.05, 0) is 18.1 Å². The number of fused-ring (bicyclic) bond motifs is 1. The Morgan fingerprint density at radius 1 is 1.44 bits per heavy atom. The summed E-state index contributed by atoms with van der Waals surface area (Å²) in [6.07, 6.45) is 7.40. The number of allylic oxidation sites excluding steroid dienone is 1. The monoisotopic (exact) mass is 115 g/mol. The molecule has 0 unspecified atom stereocenters. The average Bonchev–Trinajstić information content (AvgIpc) is 2.35. The van der Waals surface area contributed by atoms with Gasteiger partial charge in [0.1, 0.15) is 0 Å². The van der Waals surface area contributed by atoms with Crippen molar-refractivity contribution in [2.45, 2.75) is 6.42 Å². The third kappa shape index (κ3) is 0.289. The van der Waals surface area contributed by atoms with Gasteiger partial charge >= 0.3 is 0 Å². The van der Waals surface area contributed by atoms with E-state index in [-0.39, 0.29) is 0 Å². The van der Waals surface area contributed by atoms with Crippen LogP contribution >= 0.6 is 0 Å². The van der Waals surface area contributed by atoms with Crippen molar-refractivity contribution in [1.29, 1.82) is 0 Å². The Bertz CT molecular complexity index is 324. The van der Waals surface area contributed by atoms with Crippen molar-refractivity contribution < 1.29 is 0 Å². The minimum Gasteiger partial charge on any atom is -0.256 e. The van der Waals surface area contributed by atoms with Crippen molar-refractivity contribution in [2.24, 2.45) is 0 Å². The molecule has 0 saturated heterocycles. The lowest BCUT2D eigenvalue weighted by Crippen LogP contribution is -1.78. The summed E-state index contributed by atoms with van der Waals surface area (Å²) >= 11 is 0. The van der Waals surface area contributed by atoms with E-state index in [4.69, 9.17) is 0 Å². The lowest BCUT2D eigenvalue weighted by atomic mass is 10.2. The van der Waals surface area contributed by atoms with Crippen molar-refractivity contribution >= 4 is 6.08 Å². The first-order valence-corrected chi connectivity index (χ1v) is 3.15. The van der Waals surface area contributed by atoms with E-state index < -0.39 is 0 Å². The van der Waals surface area contributed by atoms with Crippen LogP contribution in [0.25, 0.3) is 17.2 Å². The Morgan fingerprint density at radius 2 is 2.44 bits per heavy atom. The zero-order valence-electron chi connectivity index (χ0n) is 4.89. The number of nitrogens with zero attached hydrogens (tertiary/aromatic N) is 1. The van der Waals surface area contributed by atoms with Gasteiger partial charge in [-0.1, -0.05) is 6.08 Å². The number of rotatable bonds is 0. The van der Waals surface area contributed by atoms with E-state index in [1.165, 1.54) is 22.4 Å². The van der Waals surface area contributed by atoms with Crippen LogP contribution in [0.4, 0.5) is 0 Å². The average molecular weight is 115 g/mol. The number of hydrogen-bond acceptors (Lipinski definition) is 1. The predicted molar refractivity (Wildman–Crippen MR) is 36.0 cm³/mol. The summed E-state index contributed by atoms with van der Waals surface area (Å²) in [5.74, 6) is 0. The standard InChI is InChI=1S/C8H5N/c1-2-5-6-4-9-7(3-1)8(5)6/h1,3-4H,2H2. The van der Waals surface area contributed by atoms with Crippen LogP contribution in [0.3, 0.4) is 0 Å². The molecule has 0 radical (unpaired) electrons. The Labute approximate surface area is 53.0 Å². The maximum Gasteiger partial charge on any atom is 0.0708 e.